The molecule has 0 bridgehead atoms. The lowest BCUT2D eigenvalue weighted by Gasteiger charge is -2.34. The van der Waals surface area contributed by atoms with Crippen LogP contribution in [-0.4, -0.2) is 68.6 Å². The van der Waals surface area contributed by atoms with Crippen molar-refractivity contribution in [3.8, 4) is 5.75 Å². The van der Waals surface area contributed by atoms with E-state index >= 15 is 0 Å². The van der Waals surface area contributed by atoms with Crippen LogP contribution in [-0.2, 0) is 0 Å². The van der Waals surface area contributed by atoms with E-state index in [1.54, 1.807) is 12.1 Å². The Labute approximate surface area is 220 Å². The Balaban J connectivity index is 1.31. The van der Waals surface area contributed by atoms with Crippen LogP contribution < -0.4 is 10.1 Å². The third-order valence-electron chi connectivity index (χ3n) is 6.71. The minimum atomic E-state index is -0.120. The van der Waals surface area contributed by atoms with Gasteiger partial charge in [0.1, 0.15) is 11.9 Å². The number of ether oxygens (including phenoxy) is 1. The van der Waals surface area contributed by atoms with Crippen molar-refractivity contribution in [3.63, 3.8) is 0 Å². The van der Waals surface area contributed by atoms with Crippen molar-refractivity contribution < 1.29 is 9.53 Å². The molecule has 1 aliphatic heterocycles. The summed E-state index contributed by atoms with van der Waals surface area (Å²) < 4.78 is 6.26. The van der Waals surface area contributed by atoms with Gasteiger partial charge in [-0.1, -0.05) is 72.3 Å². The van der Waals surface area contributed by atoms with Crippen LogP contribution in [0.3, 0.4) is 0 Å². The summed E-state index contributed by atoms with van der Waals surface area (Å²) in [7, 11) is 3.95. The molecular formula is C30H36ClN3O2. The van der Waals surface area contributed by atoms with Crippen molar-refractivity contribution in [2.45, 2.75) is 24.9 Å². The number of amides is 1. The molecule has 3 aromatic carbocycles. The lowest BCUT2D eigenvalue weighted by molar-refractivity contribution is 0.0950. The first-order valence-corrected chi connectivity index (χ1v) is 13.1. The van der Waals surface area contributed by atoms with Gasteiger partial charge in [0.2, 0.25) is 0 Å². The maximum atomic E-state index is 12.4. The first-order valence-electron chi connectivity index (χ1n) is 12.7. The average Bonchev–Trinajstić information content (AvgIpc) is 2.90. The van der Waals surface area contributed by atoms with Gasteiger partial charge in [-0.15, -0.1) is 0 Å². The summed E-state index contributed by atoms with van der Waals surface area (Å²) in [5.74, 6) is 0.868. The van der Waals surface area contributed by atoms with Gasteiger partial charge >= 0.3 is 0 Å². The summed E-state index contributed by atoms with van der Waals surface area (Å²) in [5, 5.41) is 3.39. The second-order valence-corrected chi connectivity index (χ2v) is 10.1. The molecule has 0 atom stereocenters. The van der Waals surface area contributed by atoms with E-state index in [-0.39, 0.29) is 12.0 Å². The van der Waals surface area contributed by atoms with Crippen molar-refractivity contribution in [3.05, 3.63) is 101 Å². The van der Waals surface area contributed by atoms with Crippen LogP contribution in [0.1, 0.15) is 40.2 Å². The highest BCUT2D eigenvalue weighted by atomic mass is 35.5. The molecule has 6 heteroatoms. The number of carbonyl (C=O) groups is 1. The van der Waals surface area contributed by atoms with Gasteiger partial charge in [0.05, 0.1) is 5.02 Å². The lowest BCUT2D eigenvalue weighted by atomic mass is 9.90. The number of hydrogen-bond donors (Lipinski definition) is 1. The number of nitrogens with zero attached hydrogens (tertiary/aromatic N) is 2. The number of likely N-dealkylation sites (tertiary alicyclic amines) is 1. The third kappa shape index (κ3) is 7.33. The molecule has 3 aromatic rings. The predicted octanol–water partition coefficient (Wildman–Crippen LogP) is 5.31. The molecule has 1 aliphatic rings. The highest BCUT2D eigenvalue weighted by Gasteiger charge is 2.25. The van der Waals surface area contributed by atoms with E-state index in [9.17, 15) is 4.79 Å². The molecule has 0 radical (unpaired) electrons. The summed E-state index contributed by atoms with van der Waals surface area (Å²) >= 11 is 6.49. The smallest absolute Gasteiger partial charge is 0.251 e. The molecule has 4 rings (SSSR count). The number of carbonyl (C=O) groups excluding carboxylic acids is 1. The zero-order chi connectivity index (χ0) is 25.3. The van der Waals surface area contributed by atoms with Crippen molar-refractivity contribution in [1.82, 2.24) is 15.1 Å². The second kappa shape index (κ2) is 12.9. The Kier molecular flexibility index (Phi) is 9.40. The van der Waals surface area contributed by atoms with Crippen molar-refractivity contribution in [2.24, 2.45) is 0 Å². The summed E-state index contributed by atoms with van der Waals surface area (Å²) in [4.78, 5) is 16.9. The van der Waals surface area contributed by atoms with E-state index in [0.29, 0.717) is 28.8 Å². The van der Waals surface area contributed by atoms with Gasteiger partial charge in [-0.05, 0) is 56.3 Å². The van der Waals surface area contributed by atoms with Crippen LogP contribution >= 0.6 is 11.6 Å². The van der Waals surface area contributed by atoms with E-state index < -0.39 is 0 Å². The van der Waals surface area contributed by atoms with E-state index in [4.69, 9.17) is 16.3 Å². The largest absolute Gasteiger partial charge is 0.489 e. The first-order chi connectivity index (χ1) is 17.5. The molecule has 1 N–H and O–H groups in total. The molecule has 5 nitrogen and oxygen atoms in total. The topological polar surface area (TPSA) is 44.8 Å². The van der Waals surface area contributed by atoms with E-state index in [2.05, 4.69) is 70.9 Å². The van der Waals surface area contributed by atoms with Crippen molar-refractivity contribution in [2.75, 3.05) is 46.8 Å². The summed E-state index contributed by atoms with van der Waals surface area (Å²) in [5.41, 5.74) is 3.24. The van der Waals surface area contributed by atoms with E-state index in [1.807, 2.05) is 25.1 Å². The highest BCUT2D eigenvalue weighted by Crippen LogP contribution is 2.30. The van der Waals surface area contributed by atoms with Crippen molar-refractivity contribution in [1.29, 1.82) is 0 Å². The van der Waals surface area contributed by atoms with Gasteiger partial charge in [0.25, 0.3) is 5.91 Å². The van der Waals surface area contributed by atoms with Gasteiger partial charge in [-0.25, -0.2) is 0 Å². The van der Waals surface area contributed by atoms with Gasteiger partial charge in [-0.2, -0.15) is 0 Å². The molecule has 1 heterocycles. The molecular weight excluding hydrogens is 470 g/mol. The van der Waals surface area contributed by atoms with Crippen molar-refractivity contribution >= 4 is 17.5 Å². The minimum Gasteiger partial charge on any atom is -0.489 e. The molecule has 1 saturated heterocycles. The van der Waals surface area contributed by atoms with Gasteiger partial charge in [0.15, 0.2) is 0 Å². The number of nitrogens with one attached hydrogen (secondary N) is 1. The quantitative estimate of drug-likeness (QED) is 0.406. The summed E-state index contributed by atoms with van der Waals surface area (Å²) in [6, 6.07) is 26.8. The monoisotopic (exact) mass is 505 g/mol. The fourth-order valence-electron chi connectivity index (χ4n) is 4.65. The standard InChI is InChI=1S/C30H36ClN3O2/c1-33(2)20-17-32-30(35)25-13-14-29(28(31)21-25)36-26-15-18-34(19-16-26)22-27(23-9-5-3-6-10-23)24-11-7-4-8-12-24/h3-14,21,26-27H,15-20,22H2,1-2H3,(H,32,35). The maximum absolute atomic E-state index is 12.4. The molecule has 36 heavy (non-hydrogen) atoms. The third-order valence-corrected chi connectivity index (χ3v) is 7.01. The number of halogens is 1. The normalized spacial score (nSPS) is 14.8. The number of rotatable bonds is 10. The number of likely N-dealkylation sites (N-methyl/N-ethyl adjacent to an activating group) is 1. The van der Waals surface area contributed by atoms with Crippen LogP contribution in [0.2, 0.25) is 5.02 Å². The molecule has 0 unspecified atom stereocenters. The van der Waals surface area contributed by atoms with E-state index in [0.717, 1.165) is 39.0 Å². The van der Waals surface area contributed by atoms with Gasteiger partial charge in [0, 0.05) is 44.2 Å². The molecule has 0 spiro atoms. The lowest BCUT2D eigenvalue weighted by Crippen LogP contribution is -2.40. The number of hydrogen-bond acceptors (Lipinski definition) is 4. The Morgan fingerprint density at radius 1 is 1.00 bits per heavy atom. The second-order valence-electron chi connectivity index (χ2n) is 9.70. The molecule has 0 saturated carbocycles. The van der Waals surface area contributed by atoms with Crippen LogP contribution in [0.25, 0.3) is 0 Å². The molecule has 1 fully saturated rings. The number of piperidine rings is 1. The van der Waals surface area contributed by atoms with Crippen LogP contribution in [0.4, 0.5) is 0 Å². The zero-order valence-electron chi connectivity index (χ0n) is 21.2. The number of benzene rings is 3. The van der Waals surface area contributed by atoms with Gasteiger partial charge in [-0.3, -0.25) is 4.79 Å². The Morgan fingerprint density at radius 2 is 1.61 bits per heavy atom. The average molecular weight is 506 g/mol. The molecule has 0 aliphatic carbocycles. The predicted molar refractivity (Wildman–Crippen MR) is 147 cm³/mol. The minimum absolute atomic E-state index is 0.116. The van der Waals surface area contributed by atoms with Crippen LogP contribution in [0, 0.1) is 0 Å². The van der Waals surface area contributed by atoms with Crippen LogP contribution in [0.5, 0.6) is 5.75 Å². The fourth-order valence-corrected chi connectivity index (χ4v) is 4.88. The SMILES string of the molecule is CN(C)CCNC(=O)c1ccc(OC2CCN(CC(c3ccccc3)c3ccccc3)CC2)c(Cl)c1. The first kappa shape index (κ1) is 26.2. The maximum Gasteiger partial charge on any atom is 0.251 e. The summed E-state index contributed by atoms with van der Waals surface area (Å²) in [6.07, 6.45) is 2.00. The molecule has 0 aromatic heterocycles. The molecule has 1 amide bonds. The van der Waals surface area contributed by atoms with Crippen LogP contribution in [0.15, 0.2) is 78.9 Å². The zero-order valence-corrected chi connectivity index (χ0v) is 22.0. The summed E-state index contributed by atoms with van der Waals surface area (Å²) in [6.45, 7) is 4.32. The van der Waals surface area contributed by atoms with Gasteiger partial charge < -0.3 is 19.9 Å². The Bertz CT molecular complexity index is 1060. The fraction of sp³-hybridized carbons (Fsp3) is 0.367. The Hall–Kier alpha value is -2.86. The van der Waals surface area contributed by atoms with E-state index in [1.165, 1.54) is 11.1 Å². The highest BCUT2D eigenvalue weighted by molar-refractivity contribution is 6.32. The Morgan fingerprint density at radius 3 is 2.17 bits per heavy atom. The molecule has 190 valence electrons.